The first-order chi connectivity index (χ1) is 20.7. The Labute approximate surface area is 246 Å². The smallest absolute Gasteiger partial charge is 0.265 e. The number of anilines is 2. The average molecular weight is 585 g/mol. The predicted molar refractivity (Wildman–Crippen MR) is 156 cm³/mol. The van der Waals surface area contributed by atoms with Crippen molar-refractivity contribution in [2.75, 3.05) is 17.2 Å². The Bertz CT molecular complexity index is 1760. The summed E-state index contributed by atoms with van der Waals surface area (Å²) in [6.07, 6.45) is 4.87. The highest BCUT2D eigenvalue weighted by atomic mass is 19.1. The number of amides is 3. The van der Waals surface area contributed by atoms with Gasteiger partial charge in [0.2, 0.25) is 11.8 Å². The highest BCUT2D eigenvalue weighted by Gasteiger charge is 2.40. The maximum absolute atomic E-state index is 14.7. The van der Waals surface area contributed by atoms with Gasteiger partial charge in [0.05, 0.1) is 12.2 Å². The van der Waals surface area contributed by atoms with Gasteiger partial charge in [-0.3, -0.25) is 19.2 Å². The van der Waals surface area contributed by atoms with Crippen LogP contribution in [0.3, 0.4) is 0 Å². The van der Waals surface area contributed by atoms with E-state index in [1.165, 1.54) is 18.2 Å². The Morgan fingerprint density at radius 1 is 1.14 bits per heavy atom. The molecule has 6 rings (SSSR count). The highest BCUT2D eigenvalue weighted by molar-refractivity contribution is 6.08. The molecule has 0 aliphatic carbocycles. The third-order valence-corrected chi connectivity index (χ3v) is 7.73. The van der Waals surface area contributed by atoms with Gasteiger partial charge in [0.1, 0.15) is 36.5 Å². The summed E-state index contributed by atoms with van der Waals surface area (Å²) in [5.41, 5.74) is 3.59. The van der Waals surface area contributed by atoms with Gasteiger partial charge in [-0.15, -0.1) is 0 Å². The number of rotatable bonds is 7. The Balaban J connectivity index is 1.22. The molecule has 2 aromatic carbocycles. The lowest BCUT2D eigenvalue weighted by Gasteiger charge is -2.27. The number of aromatic nitrogens is 3. The summed E-state index contributed by atoms with van der Waals surface area (Å²) in [6, 6.07) is 9.53. The number of ketones is 1. The maximum atomic E-state index is 14.7. The van der Waals surface area contributed by atoms with Crippen LogP contribution in [-0.4, -0.2) is 67.8 Å². The molecule has 0 bridgehead atoms. The van der Waals surface area contributed by atoms with Gasteiger partial charge >= 0.3 is 0 Å². The molecule has 220 valence electrons. The van der Waals surface area contributed by atoms with Crippen molar-refractivity contribution in [3.05, 3.63) is 78.0 Å². The summed E-state index contributed by atoms with van der Waals surface area (Å²) in [7, 11) is 0. The minimum Gasteiger partial charge on any atom is -0.479 e. The van der Waals surface area contributed by atoms with E-state index in [1.807, 2.05) is 18.2 Å². The number of fused-ring (bicyclic) bond motifs is 2. The van der Waals surface area contributed by atoms with Crippen LogP contribution in [0.5, 0.6) is 5.75 Å². The van der Waals surface area contributed by atoms with Crippen molar-refractivity contribution >= 4 is 45.8 Å². The number of hydrogen-bond donors (Lipinski definition) is 2. The van der Waals surface area contributed by atoms with E-state index in [0.717, 1.165) is 11.1 Å². The molecule has 1 saturated heterocycles. The number of halogens is 1. The molecule has 2 aromatic heterocycles. The van der Waals surface area contributed by atoms with Crippen LogP contribution in [0.15, 0.2) is 61.3 Å². The van der Waals surface area contributed by atoms with E-state index in [2.05, 4.69) is 20.6 Å². The second kappa shape index (κ2) is 11.3. The zero-order valence-corrected chi connectivity index (χ0v) is 23.5. The quantitative estimate of drug-likeness (QED) is 0.317. The van der Waals surface area contributed by atoms with Gasteiger partial charge in [-0.05, 0) is 49.2 Å². The Morgan fingerprint density at radius 2 is 1.93 bits per heavy atom. The summed E-state index contributed by atoms with van der Waals surface area (Å²) in [4.78, 5) is 60.9. The molecule has 0 spiro atoms. The predicted octanol–water partition coefficient (Wildman–Crippen LogP) is 3.52. The number of hydrogen-bond acceptors (Lipinski definition) is 7. The summed E-state index contributed by atoms with van der Waals surface area (Å²) in [5, 5.41) is 6.16. The van der Waals surface area contributed by atoms with E-state index in [9.17, 15) is 23.6 Å². The van der Waals surface area contributed by atoms with Crippen LogP contribution in [0, 0.1) is 0 Å². The molecule has 3 atom stereocenters. The van der Waals surface area contributed by atoms with Crippen molar-refractivity contribution < 1.29 is 28.3 Å². The normalized spacial score (nSPS) is 19.5. The molecule has 1 unspecified atom stereocenters. The number of alkyl halides is 1. The van der Waals surface area contributed by atoms with Crippen LogP contribution < -0.4 is 15.4 Å². The third-order valence-electron chi connectivity index (χ3n) is 7.73. The van der Waals surface area contributed by atoms with E-state index in [1.54, 1.807) is 48.3 Å². The largest absolute Gasteiger partial charge is 0.479 e. The van der Waals surface area contributed by atoms with Crippen LogP contribution >= 0.6 is 0 Å². The Morgan fingerprint density at radius 3 is 2.70 bits per heavy atom. The molecular weight excluding hydrogens is 555 g/mol. The minimum absolute atomic E-state index is 0.157. The van der Waals surface area contributed by atoms with Gasteiger partial charge in [0.25, 0.3) is 5.91 Å². The summed E-state index contributed by atoms with van der Waals surface area (Å²) < 4.78 is 21.9. The van der Waals surface area contributed by atoms with E-state index >= 15 is 0 Å². The number of likely N-dealkylation sites (tertiary alicyclic amines) is 1. The molecule has 4 aromatic rings. The number of carbonyl (C=O) groups excluding carboxylic acids is 4. The molecule has 1 fully saturated rings. The minimum atomic E-state index is -1.38. The topological polar surface area (TPSA) is 136 Å². The van der Waals surface area contributed by atoms with Crippen LogP contribution in [0.2, 0.25) is 0 Å². The number of Topliss-reactive ketones (excluding diaryl/α,β-unsaturated/α-hetero) is 1. The fraction of sp³-hybridized carbons (Fsp3) is 0.290. The molecule has 12 heteroatoms. The highest BCUT2D eigenvalue weighted by Crippen LogP contribution is 2.37. The molecule has 2 N–H and O–H groups in total. The van der Waals surface area contributed by atoms with Crippen molar-refractivity contribution in [2.24, 2.45) is 0 Å². The van der Waals surface area contributed by atoms with Crippen LogP contribution in [0.4, 0.5) is 15.8 Å². The fourth-order valence-corrected chi connectivity index (χ4v) is 5.62. The zero-order valence-electron chi connectivity index (χ0n) is 23.5. The van der Waals surface area contributed by atoms with Crippen LogP contribution in [-0.2, 0) is 27.3 Å². The molecule has 11 nitrogen and oxygen atoms in total. The van der Waals surface area contributed by atoms with E-state index < -0.39 is 30.1 Å². The standard InChI is InChI=1S/C31H29FN6O5/c1-17(39)23-14-37(25-7-6-19(9-22(23)25)8-20-11-33-16-34-12-20)15-28(40)38-13-21(32)10-26(38)31(42)35-24-4-3-5-27-29(24)36-30(41)18(2)43-27/h3-7,9,11-12,14,16,18,21,26H,8,10,13,15H2,1-2H3,(H,35,42)(H,36,41)/t18?,21-,26+/m1/s1. The lowest BCUT2D eigenvalue weighted by atomic mass is 10.0. The van der Waals surface area contributed by atoms with Crippen molar-refractivity contribution in [2.45, 2.75) is 51.6 Å². The number of nitrogens with zero attached hydrogens (tertiary/aromatic N) is 4. The Hall–Kier alpha value is -5.13. The molecule has 4 heterocycles. The monoisotopic (exact) mass is 584 g/mol. The molecule has 3 amide bonds. The van der Waals surface area contributed by atoms with Crippen LogP contribution in [0.25, 0.3) is 10.9 Å². The van der Waals surface area contributed by atoms with Gasteiger partial charge in [-0.2, -0.15) is 0 Å². The van der Waals surface area contributed by atoms with Crippen molar-refractivity contribution in [1.82, 2.24) is 19.4 Å². The molecule has 2 aliphatic rings. The van der Waals surface area contributed by atoms with Gasteiger partial charge in [0, 0.05) is 47.9 Å². The number of benzene rings is 2. The first kappa shape index (κ1) is 28.0. The zero-order chi connectivity index (χ0) is 30.2. The first-order valence-corrected chi connectivity index (χ1v) is 13.9. The summed E-state index contributed by atoms with van der Waals surface area (Å²) >= 11 is 0. The molecular formula is C31H29FN6O5. The van der Waals surface area contributed by atoms with Gasteiger partial charge in [-0.1, -0.05) is 12.1 Å². The number of nitrogens with one attached hydrogen (secondary N) is 2. The van der Waals surface area contributed by atoms with E-state index in [0.29, 0.717) is 34.3 Å². The van der Waals surface area contributed by atoms with Gasteiger partial charge in [0.15, 0.2) is 11.9 Å². The SMILES string of the molecule is CC(=O)c1cn(CC(=O)N2C[C@H](F)C[C@H]2C(=O)Nc2cccc3c2NC(=O)C(C)O3)c2ccc(Cc3cncnc3)cc12. The van der Waals surface area contributed by atoms with Crippen molar-refractivity contribution in [3.8, 4) is 5.75 Å². The van der Waals surface area contributed by atoms with E-state index in [-0.39, 0.29) is 36.9 Å². The number of carbonyl (C=O) groups is 4. The van der Waals surface area contributed by atoms with Crippen molar-refractivity contribution in [3.63, 3.8) is 0 Å². The van der Waals surface area contributed by atoms with Gasteiger partial charge in [-0.25, -0.2) is 14.4 Å². The average Bonchev–Trinajstić information content (AvgIpc) is 3.55. The third kappa shape index (κ3) is 5.55. The molecule has 0 radical (unpaired) electrons. The summed E-state index contributed by atoms with van der Waals surface area (Å²) in [5.74, 6) is -1.16. The second-order valence-electron chi connectivity index (χ2n) is 10.8. The van der Waals surface area contributed by atoms with Crippen molar-refractivity contribution in [1.29, 1.82) is 0 Å². The van der Waals surface area contributed by atoms with Crippen LogP contribution in [0.1, 0.15) is 41.8 Å². The number of para-hydroxylation sites is 1. The molecule has 2 aliphatic heterocycles. The first-order valence-electron chi connectivity index (χ1n) is 13.9. The Kier molecular flexibility index (Phi) is 7.34. The summed E-state index contributed by atoms with van der Waals surface area (Å²) in [6.45, 7) is 2.65. The fourth-order valence-electron chi connectivity index (χ4n) is 5.62. The van der Waals surface area contributed by atoms with Gasteiger partial charge < -0.3 is 24.8 Å². The molecule has 43 heavy (non-hydrogen) atoms. The lowest BCUT2D eigenvalue weighted by molar-refractivity contribution is -0.137. The molecule has 0 saturated carbocycles. The lowest BCUT2D eigenvalue weighted by Crippen LogP contribution is -2.44. The van der Waals surface area contributed by atoms with E-state index in [4.69, 9.17) is 4.74 Å². The number of ether oxygens (including phenoxy) is 1. The second-order valence-corrected chi connectivity index (χ2v) is 10.8. The maximum Gasteiger partial charge on any atom is 0.265 e.